The van der Waals surface area contributed by atoms with Crippen molar-refractivity contribution in [1.29, 1.82) is 0 Å². The summed E-state index contributed by atoms with van der Waals surface area (Å²) in [6.07, 6.45) is 3.38. The molecule has 0 aliphatic heterocycles. The first kappa shape index (κ1) is 16.2. The van der Waals surface area contributed by atoms with E-state index >= 15 is 0 Å². The van der Waals surface area contributed by atoms with Crippen molar-refractivity contribution in [3.05, 3.63) is 35.7 Å². The molecule has 1 aromatic heterocycles. The lowest BCUT2D eigenvalue weighted by atomic mass is 10.2. The summed E-state index contributed by atoms with van der Waals surface area (Å²) in [6, 6.07) is 7.59. The standard InChI is InChI=1S/C17H21N5O2/c1-3-4-15(23)18-12-7-9-14(10-8-12)22-11(2)16(20-21-22)17(24)19-13-5-6-13/h7-10,13H,3-6H2,1-2H3,(H,18,23)(H,19,24). The molecular weight excluding hydrogens is 306 g/mol. The molecule has 0 spiro atoms. The fraction of sp³-hybridized carbons (Fsp3) is 0.412. The predicted octanol–water partition coefficient (Wildman–Crippen LogP) is 2.21. The molecule has 2 aromatic rings. The molecule has 1 aliphatic rings. The van der Waals surface area contributed by atoms with Crippen LogP contribution in [0.25, 0.3) is 5.69 Å². The van der Waals surface area contributed by atoms with Gasteiger partial charge in [0.15, 0.2) is 5.69 Å². The SMILES string of the molecule is CCCC(=O)Nc1ccc(-n2nnc(C(=O)NC3CC3)c2C)cc1. The molecule has 0 bridgehead atoms. The van der Waals surface area contributed by atoms with Gasteiger partial charge in [0.05, 0.1) is 11.4 Å². The lowest BCUT2D eigenvalue weighted by Crippen LogP contribution is -2.26. The third kappa shape index (κ3) is 3.61. The monoisotopic (exact) mass is 327 g/mol. The van der Waals surface area contributed by atoms with Crippen molar-refractivity contribution >= 4 is 17.5 Å². The van der Waals surface area contributed by atoms with Crippen molar-refractivity contribution in [1.82, 2.24) is 20.3 Å². The number of amides is 2. The number of rotatable bonds is 6. The molecule has 126 valence electrons. The van der Waals surface area contributed by atoms with Crippen LogP contribution in [0, 0.1) is 6.92 Å². The Morgan fingerprint density at radius 2 is 1.96 bits per heavy atom. The van der Waals surface area contributed by atoms with Crippen LogP contribution < -0.4 is 10.6 Å². The van der Waals surface area contributed by atoms with Crippen LogP contribution in [-0.2, 0) is 4.79 Å². The van der Waals surface area contributed by atoms with Crippen LogP contribution in [0.5, 0.6) is 0 Å². The van der Waals surface area contributed by atoms with E-state index in [1.54, 1.807) is 4.68 Å². The highest BCUT2D eigenvalue weighted by molar-refractivity contribution is 5.93. The van der Waals surface area contributed by atoms with Crippen LogP contribution in [0.2, 0.25) is 0 Å². The van der Waals surface area contributed by atoms with E-state index in [1.807, 2.05) is 38.1 Å². The largest absolute Gasteiger partial charge is 0.348 e. The molecule has 1 heterocycles. The molecular formula is C17H21N5O2. The molecule has 1 aromatic carbocycles. The van der Waals surface area contributed by atoms with Crippen LogP contribution in [0.3, 0.4) is 0 Å². The molecule has 0 saturated heterocycles. The van der Waals surface area contributed by atoms with Crippen LogP contribution in [0.15, 0.2) is 24.3 Å². The Balaban J connectivity index is 1.73. The van der Waals surface area contributed by atoms with Gasteiger partial charge in [0.1, 0.15) is 0 Å². The highest BCUT2D eigenvalue weighted by Crippen LogP contribution is 2.20. The molecule has 2 amide bonds. The van der Waals surface area contributed by atoms with Gasteiger partial charge in [-0.2, -0.15) is 0 Å². The molecule has 2 N–H and O–H groups in total. The fourth-order valence-corrected chi connectivity index (χ4v) is 2.40. The predicted molar refractivity (Wildman–Crippen MR) is 90.1 cm³/mol. The van der Waals surface area contributed by atoms with Gasteiger partial charge in [0, 0.05) is 18.2 Å². The van der Waals surface area contributed by atoms with Crippen LogP contribution >= 0.6 is 0 Å². The third-order valence-electron chi connectivity index (χ3n) is 3.89. The number of carbonyl (C=O) groups excluding carboxylic acids is 2. The smallest absolute Gasteiger partial charge is 0.273 e. The Morgan fingerprint density at radius 1 is 1.25 bits per heavy atom. The zero-order chi connectivity index (χ0) is 17.1. The van der Waals surface area contributed by atoms with Crippen LogP contribution in [0.1, 0.15) is 48.8 Å². The number of hydrogen-bond donors (Lipinski definition) is 2. The van der Waals surface area contributed by atoms with E-state index < -0.39 is 0 Å². The zero-order valence-electron chi connectivity index (χ0n) is 13.9. The number of nitrogens with zero attached hydrogens (tertiary/aromatic N) is 3. The number of hydrogen-bond acceptors (Lipinski definition) is 4. The summed E-state index contributed by atoms with van der Waals surface area (Å²) in [4.78, 5) is 23.7. The maximum atomic E-state index is 12.1. The van der Waals surface area contributed by atoms with E-state index in [0.717, 1.165) is 30.6 Å². The number of anilines is 1. The minimum Gasteiger partial charge on any atom is -0.348 e. The normalized spacial score (nSPS) is 13.6. The highest BCUT2D eigenvalue weighted by Gasteiger charge is 2.26. The van der Waals surface area contributed by atoms with Crippen molar-refractivity contribution in [2.75, 3.05) is 5.32 Å². The van der Waals surface area contributed by atoms with E-state index in [4.69, 9.17) is 0 Å². The molecule has 0 unspecified atom stereocenters. The lowest BCUT2D eigenvalue weighted by Gasteiger charge is -2.07. The summed E-state index contributed by atoms with van der Waals surface area (Å²) in [6.45, 7) is 3.78. The maximum absolute atomic E-state index is 12.1. The molecule has 1 saturated carbocycles. The molecule has 24 heavy (non-hydrogen) atoms. The Hall–Kier alpha value is -2.70. The molecule has 0 radical (unpaired) electrons. The van der Waals surface area contributed by atoms with Gasteiger partial charge in [-0.15, -0.1) is 5.10 Å². The second-order valence-electron chi connectivity index (χ2n) is 6.03. The number of benzene rings is 1. The third-order valence-corrected chi connectivity index (χ3v) is 3.89. The molecule has 1 fully saturated rings. The summed E-state index contributed by atoms with van der Waals surface area (Å²) in [5.74, 6) is -0.175. The summed E-state index contributed by atoms with van der Waals surface area (Å²) in [7, 11) is 0. The first-order valence-electron chi connectivity index (χ1n) is 8.22. The summed E-state index contributed by atoms with van der Waals surface area (Å²) < 4.78 is 1.62. The van der Waals surface area contributed by atoms with Gasteiger partial charge in [-0.25, -0.2) is 4.68 Å². The minimum atomic E-state index is -0.176. The van der Waals surface area contributed by atoms with Gasteiger partial charge in [-0.3, -0.25) is 9.59 Å². The number of nitrogens with one attached hydrogen (secondary N) is 2. The average molecular weight is 327 g/mol. The zero-order valence-corrected chi connectivity index (χ0v) is 13.9. The van der Waals surface area contributed by atoms with Crippen molar-refractivity contribution in [2.45, 2.75) is 45.6 Å². The quantitative estimate of drug-likeness (QED) is 0.851. The molecule has 7 heteroatoms. The van der Waals surface area contributed by atoms with Crippen molar-refractivity contribution < 1.29 is 9.59 Å². The molecule has 3 rings (SSSR count). The topological polar surface area (TPSA) is 88.9 Å². The lowest BCUT2D eigenvalue weighted by molar-refractivity contribution is -0.116. The van der Waals surface area contributed by atoms with E-state index in [1.165, 1.54) is 0 Å². The van der Waals surface area contributed by atoms with Gasteiger partial charge < -0.3 is 10.6 Å². The highest BCUT2D eigenvalue weighted by atomic mass is 16.2. The Morgan fingerprint density at radius 3 is 2.58 bits per heavy atom. The summed E-state index contributed by atoms with van der Waals surface area (Å²) in [5.41, 5.74) is 2.57. The van der Waals surface area contributed by atoms with Crippen LogP contribution in [-0.4, -0.2) is 32.9 Å². The van der Waals surface area contributed by atoms with E-state index in [0.29, 0.717) is 17.8 Å². The van der Waals surface area contributed by atoms with Crippen LogP contribution in [0.4, 0.5) is 5.69 Å². The fourth-order valence-electron chi connectivity index (χ4n) is 2.40. The number of aromatic nitrogens is 3. The van der Waals surface area contributed by atoms with Gasteiger partial charge in [0.2, 0.25) is 5.91 Å². The maximum Gasteiger partial charge on any atom is 0.273 e. The Bertz CT molecular complexity index is 747. The van der Waals surface area contributed by atoms with Crippen molar-refractivity contribution in [3.8, 4) is 5.69 Å². The summed E-state index contributed by atoms with van der Waals surface area (Å²) in [5, 5.41) is 13.8. The van der Waals surface area contributed by atoms with Gasteiger partial charge in [-0.1, -0.05) is 12.1 Å². The van der Waals surface area contributed by atoms with E-state index in [9.17, 15) is 9.59 Å². The Labute approximate surface area is 140 Å². The van der Waals surface area contributed by atoms with Gasteiger partial charge in [0.25, 0.3) is 5.91 Å². The average Bonchev–Trinajstić information content (AvgIpc) is 3.28. The van der Waals surface area contributed by atoms with Crippen molar-refractivity contribution in [3.63, 3.8) is 0 Å². The first-order chi connectivity index (χ1) is 11.6. The molecule has 7 nitrogen and oxygen atoms in total. The summed E-state index contributed by atoms with van der Waals surface area (Å²) >= 11 is 0. The second-order valence-corrected chi connectivity index (χ2v) is 6.03. The van der Waals surface area contributed by atoms with Gasteiger partial charge in [-0.05, 0) is 50.5 Å². The minimum absolute atomic E-state index is 0.00113. The molecule has 1 aliphatic carbocycles. The number of carbonyl (C=O) groups is 2. The van der Waals surface area contributed by atoms with Crippen molar-refractivity contribution in [2.24, 2.45) is 0 Å². The first-order valence-corrected chi connectivity index (χ1v) is 8.22. The Kier molecular flexibility index (Phi) is 4.59. The van der Waals surface area contributed by atoms with E-state index in [-0.39, 0.29) is 17.9 Å². The van der Waals surface area contributed by atoms with E-state index in [2.05, 4.69) is 20.9 Å². The second kappa shape index (κ2) is 6.82. The molecule has 0 atom stereocenters. The van der Waals surface area contributed by atoms with Gasteiger partial charge >= 0.3 is 0 Å².